The third-order valence-corrected chi connectivity index (χ3v) is 3.78. The van der Waals surface area contributed by atoms with E-state index in [2.05, 4.69) is 0 Å². The van der Waals surface area contributed by atoms with E-state index in [0.717, 1.165) is 0 Å². The number of halogens is 1. The molecule has 0 bridgehead atoms. The molecule has 0 aliphatic heterocycles. The zero-order valence-corrected chi connectivity index (χ0v) is 11.8. The minimum atomic E-state index is -4.76. The Balaban J connectivity index is 2.40. The van der Waals surface area contributed by atoms with E-state index >= 15 is 0 Å². The van der Waals surface area contributed by atoms with Gasteiger partial charge in [-0.15, -0.1) is 0 Å². The number of para-hydroxylation sites is 2. The van der Waals surface area contributed by atoms with Crippen molar-refractivity contribution in [1.82, 2.24) is 0 Å². The van der Waals surface area contributed by atoms with Crippen LogP contribution in [-0.2, 0) is 16.8 Å². The minimum Gasteiger partial charge on any atom is -0.731 e. The van der Waals surface area contributed by atoms with E-state index in [1.165, 1.54) is 24.3 Å². The highest BCUT2D eigenvalue weighted by molar-refractivity contribution is 7.87. The first kappa shape index (κ1) is 14.6. The fourth-order valence-corrected chi connectivity index (χ4v) is 2.54. The van der Waals surface area contributed by atoms with Crippen molar-refractivity contribution in [1.29, 1.82) is 0 Å². The van der Waals surface area contributed by atoms with Gasteiger partial charge in [0, 0.05) is 5.02 Å². The van der Waals surface area contributed by atoms with Crippen LogP contribution < -0.4 is 4.31 Å². The summed E-state index contributed by atoms with van der Waals surface area (Å²) in [4.78, 5) is 0. The summed E-state index contributed by atoms with van der Waals surface area (Å²) in [6.07, 6.45) is 0. The van der Waals surface area contributed by atoms with Crippen molar-refractivity contribution in [3.63, 3.8) is 0 Å². The largest absolute Gasteiger partial charge is 0.731 e. The smallest absolute Gasteiger partial charge is 0.184 e. The van der Waals surface area contributed by atoms with Crippen LogP contribution in [0.4, 0.5) is 5.69 Å². The molecule has 106 valence electrons. The SMILES string of the molecule is O=S(=O)([O-])N(Cc1ccc(Cl)cc1)c1ccccc1O. The number of nitrogens with zero attached hydrogens (tertiary/aromatic N) is 1. The van der Waals surface area contributed by atoms with Crippen LogP contribution >= 0.6 is 11.6 Å². The zero-order chi connectivity index (χ0) is 14.8. The van der Waals surface area contributed by atoms with Gasteiger partial charge in [-0.25, -0.2) is 8.42 Å². The van der Waals surface area contributed by atoms with Gasteiger partial charge in [0.2, 0.25) is 0 Å². The second-order valence-corrected chi connectivity index (χ2v) is 5.81. The Morgan fingerprint density at radius 3 is 2.25 bits per heavy atom. The first-order valence-corrected chi connectivity index (χ1v) is 7.38. The van der Waals surface area contributed by atoms with Gasteiger partial charge in [-0.05, 0) is 29.8 Å². The lowest BCUT2D eigenvalue weighted by Gasteiger charge is -2.27. The summed E-state index contributed by atoms with van der Waals surface area (Å²) in [7, 11) is -4.76. The van der Waals surface area contributed by atoms with Crippen molar-refractivity contribution in [2.45, 2.75) is 6.54 Å². The molecule has 0 amide bonds. The molecular formula is C13H11ClNO4S-. The molecule has 0 aliphatic carbocycles. The van der Waals surface area contributed by atoms with Crippen molar-refractivity contribution < 1.29 is 18.1 Å². The van der Waals surface area contributed by atoms with Crippen LogP contribution in [0, 0.1) is 0 Å². The van der Waals surface area contributed by atoms with E-state index in [0.29, 0.717) is 14.9 Å². The van der Waals surface area contributed by atoms with Crippen molar-refractivity contribution in [3.8, 4) is 5.75 Å². The maximum atomic E-state index is 11.4. The van der Waals surface area contributed by atoms with Gasteiger partial charge in [-0.3, -0.25) is 4.31 Å². The van der Waals surface area contributed by atoms with Gasteiger partial charge < -0.3 is 9.66 Å². The molecule has 0 spiro atoms. The van der Waals surface area contributed by atoms with Gasteiger partial charge in [0.1, 0.15) is 5.75 Å². The van der Waals surface area contributed by atoms with Crippen LogP contribution in [0.5, 0.6) is 5.75 Å². The third-order valence-electron chi connectivity index (χ3n) is 2.66. The Morgan fingerprint density at radius 1 is 1.10 bits per heavy atom. The van der Waals surface area contributed by atoms with Gasteiger partial charge in [0.05, 0.1) is 12.2 Å². The Bertz CT molecular complexity index is 701. The number of phenolic OH excluding ortho intramolecular Hbond substituents is 1. The summed E-state index contributed by atoms with van der Waals surface area (Å²) in [5.74, 6) is -0.277. The van der Waals surface area contributed by atoms with E-state index in [-0.39, 0.29) is 18.0 Å². The summed E-state index contributed by atoms with van der Waals surface area (Å²) in [6, 6.07) is 12.2. The maximum absolute atomic E-state index is 11.4. The molecule has 7 heteroatoms. The topological polar surface area (TPSA) is 80.7 Å². The summed E-state index contributed by atoms with van der Waals surface area (Å²) in [6.45, 7) is -0.180. The Morgan fingerprint density at radius 2 is 1.70 bits per heavy atom. The normalized spacial score (nSPS) is 11.3. The van der Waals surface area contributed by atoms with Crippen LogP contribution in [0.1, 0.15) is 5.56 Å². The molecule has 0 heterocycles. The quantitative estimate of drug-likeness (QED) is 0.880. The van der Waals surface area contributed by atoms with Gasteiger partial charge in [-0.1, -0.05) is 35.9 Å². The fraction of sp³-hybridized carbons (Fsp3) is 0.0769. The second-order valence-electron chi connectivity index (χ2n) is 4.08. The molecule has 2 rings (SSSR count). The van der Waals surface area contributed by atoms with E-state index in [1.54, 1.807) is 24.3 Å². The van der Waals surface area contributed by atoms with Crippen LogP contribution in [0.15, 0.2) is 48.5 Å². The number of hydrogen-bond donors (Lipinski definition) is 1. The minimum absolute atomic E-state index is 0.0579. The van der Waals surface area contributed by atoms with Crippen molar-refractivity contribution in [2.24, 2.45) is 0 Å². The molecule has 2 aromatic rings. The number of anilines is 1. The molecule has 1 N–H and O–H groups in total. The number of hydrogen-bond acceptors (Lipinski definition) is 4. The summed E-state index contributed by atoms with van der Waals surface area (Å²) < 4.78 is 34.8. The molecule has 0 aliphatic rings. The molecule has 20 heavy (non-hydrogen) atoms. The highest BCUT2D eigenvalue weighted by atomic mass is 35.5. The van der Waals surface area contributed by atoms with Crippen LogP contribution in [0.25, 0.3) is 0 Å². The lowest BCUT2D eigenvalue weighted by atomic mass is 10.2. The monoisotopic (exact) mass is 312 g/mol. The highest BCUT2D eigenvalue weighted by Crippen LogP contribution is 2.29. The van der Waals surface area contributed by atoms with E-state index in [9.17, 15) is 18.1 Å². The number of rotatable bonds is 4. The molecule has 2 aromatic carbocycles. The number of benzene rings is 2. The van der Waals surface area contributed by atoms with Crippen molar-refractivity contribution >= 4 is 27.6 Å². The van der Waals surface area contributed by atoms with Crippen molar-refractivity contribution in [3.05, 3.63) is 59.1 Å². The molecule has 0 atom stereocenters. The molecule has 5 nitrogen and oxygen atoms in total. The maximum Gasteiger partial charge on any atom is 0.184 e. The molecule has 0 aromatic heterocycles. The van der Waals surface area contributed by atoms with Crippen LogP contribution in [-0.4, -0.2) is 18.1 Å². The summed E-state index contributed by atoms with van der Waals surface area (Å²) in [5.41, 5.74) is 0.523. The average Bonchev–Trinajstić information content (AvgIpc) is 2.38. The zero-order valence-electron chi connectivity index (χ0n) is 10.2. The Hall–Kier alpha value is -1.76. The Kier molecular flexibility index (Phi) is 4.17. The van der Waals surface area contributed by atoms with E-state index < -0.39 is 10.3 Å². The fourth-order valence-electron chi connectivity index (χ4n) is 1.72. The lowest BCUT2D eigenvalue weighted by Crippen LogP contribution is -2.30. The van der Waals surface area contributed by atoms with Crippen LogP contribution in [0.2, 0.25) is 5.02 Å². The van der Waals surface area contributed by atoms with E-state index in [4.69, 9.17) is 11.6 Å². The van der Waals surface area contributed by atoms with Gasteiger partial charge in [0.15, 0.2) is 10.3 Å². The predicted octanol–water partition coefficient (Wildman–Crippen LogP) is 2.51. The van der Waals surface area contributed by atoms with E-state index in [1.807, 2.05) is 0 Å². The molecule has 0 saturated heterocycles. The third kappa shape index (κ3) is 3.41. The average molecular weight is 313 g/mol. The predicted molar refractivity (Wildman–Crippen MR) is 75.4 cm³/mol. The second kappa shape index (κ2) is 5.70. The first-order chi connectivity index (χ1) is 9.38. The Labute approximate surface area is 121 Å². The van der Waals surface area contributed by atoms with Crippen molar-refractivity contribution in [2.75, 3.05) is 4.31 Å². The molecular weight excluding hydrogens is 302 g/mol. The summed E-state index contributed by atoms with van der Waals surface area (Å²) in [5, 5.41) is 10.2. The molecule has 0 fully saturated rings. The number of aromatic hydroxyl groups is 1. The lowest BCUT2D eigenvalue weighted by molar-refractivity contribution is 0.451. The molecule has 0 radical (unpaired) electrons. The standard InChI is InChI=1S/C13H12ClNO4S/c14-11-7-5-10(6-8-11)9-15(20(17,18)19)12-3-1-2-4-13(12)16/h1-8,16H,9H2,(H,17,18,19)/p-1. The molecule has 0 saturated carbocycles. The van der Waals surface area contributed by atoms with Gasteiger partial charge >= 0.3 is 0 Å². The molecule has 0 unspecified atom stereocenters. The number of phenols is 1. The van der Waals surface area contributed by atoms with Crippen LogP contribution in [0.3, 0.4) is 0 Å². The first-order valence-electron chi connectivity index (χ1n) is 5.64. The highest BCUT2D eigenvalue weighted by Gasteiger charge is 2.17. The van der Waals surface area contributed by atoms with Gasteiger partial charge in [0.25, 0.3) is 0 Å². The summed E-state index contributed by atoms with van der Waals surface area (Å²) >= 11 is 5.75. The van der Waals surface area contributed by atoms with Gasteiger partial charge in [-0.2, -0.15) is 0 Å².